The highest BCUT2D eigenvalue weighted by Gasteiger charge is 2.12. The molecule has 0 spiro atoms. The van der Waals surface area contributed by atoms with E-state index >= 15 is 0 Å². The van der Waals surface area contributed by atoms with Gasteiger partial charge in [-0.25, -0.2) is 0 Å². The lowest BCUT2D eigenvalue weighted by atomic mass is 9.96. The second-order valence-electron chi connectivity index (χ2n) is 4.23. The quantitative estimate of drug-likeness (QED) is 0.656. The van der Waals surface area contributed by atoms with Crippen LogP contribution in [-0.2, 0) is 4.79 Å². The molecule has 1 heterocycles. The van der Waals surface area contributed by atoms with Gasteiger partial charge in [0.15, 0.2) is 0 Å². The van der Waals surface area contributed by atoms with Gasteiger partial charge < -0.3 is 5.11 Å². The summed E-state index contributed by atoms with van der Waals surface area (Å²) in [6.45, 7) is 5.38. The van der Waals surface area contributed by atoms with Crippen molar-refractivity contribution in [2.45, 2.75) is 32.6 Å². The first-order valence-corrected chi connectivity index (χ1v) is 5.81. The molecule has 15 heavy (non-hydrogen) atoms. The fourth-order valence-electron chi connectivity index (χ4n) is 1.95. The first kappa shape index (κ1) is 12.2. The third kappa shape index (κ3) is 4.98. The minimum absolute atomic E-state index is 0.316. The molecule has 1 aliphatic rings. The van der Waals surface area contributed by atoms with E-state index in [1.165, 1.54) is 0 Å². The van der Waals surface area contributed by atoms with Crippen LogP contribution in [0.25, 0.3) is 0 Å². The van der Waals surface area contributed by atoms with E-state index < -0.39 is 5.97 Å². The Labute approximate surface area is 91.8 Å². The molecule has 0 aromatic carbocycles. The Hall–Kier alpha value is -0.830. The van der Waals surface area contributed by atoms with Gasteiger partial charge in [-0.2, -0.15) is 0 Å². The zero-order valence-electron chi connectivity index (χ0n) is 9.48. The standard InChI is InChI=1S/C12H21NO2/c1-2-11(5-6-12(14)15)7-10-13-8-3-4-9-13/h3-4,11H,2,5-10H2,1H3,(H,14,15). The van der Waals surface area contributed by atoms with Gasteiger partial charge in [0.25, 0.3) is 0 Å². The summed E-state index contributed by atoms with van der Waals surface area (Å²) in [6, 6.07) is 0. The highest BCUT2D eigenvalue weighted by molar-refractivity contribution is 5.66. The SMILES string of the molecule is CCC(CCC(=O)O)CCN1CC=CC1. The lowest BCUT2D eigenvalue weighted by Gasteiger charge is -2.19. The first-order chi connectivity index (χ1) is 7.22. The van der Waals surface area contributed by atoms with Crippen molar-refractivity contribution in [3.8, 4) is 0 Å². The van der Waals surface area contributed by atoms with Gasteiger partial charge in [0, 0.05) is 19.5 Å². The Kier molecular flexibility index (Phi) is 5.40. The lowest BCUT2D eigenvalue weighted by Crippen LogP contribution is -2.23. The van der Waals surface area contributed by atoms with Gasteiger partial charge in [0.05, 0.1) is 0 Å². The molecule has 0 bridgehead atoms. The maximum absolute atomic E-state index is 10.5. The molecule has 0 saturated carbocycles. The van der Waals surface area contributed by atoms with Crippen LogP contribution in [0.1, 0.15) is 32.6 Å². The van der Waals surface area contributed by atoms with Crippen molar-refractivity contribution >= 4 is 5.97 Å². The molecular weight excluding hydrogens is 190 g/mol. The minimum atomic E-state index is -0.670. The van der Waals surface area contributed by atoms with Crippen molar-refractivity contribution in [1.82, 2.24) is 4.90 Å². The number of carboxylic acid groups (broad SMARTS) is 1. The molecule has 0 amide bonds. The zero-order chi connectivity index (χ0) is 11.1. The fourth-order valence-corrected chi connectivity index (χ4v) is 1.95. The van der Waals surface area contributed by atoms with E-state index in [-0.39, 0.29) is 0 Å². The van der Waals surface area contributed by atoms with Gasteiger partial charge in [0.1, 0.15) is 0 Å². The molecule has 1 atom stereocenters. The number of nitrogens with zero attached hydrogens (tertiary/aromatic N) is 1. The number of rotatable bonds is 7. The summed E-state index contributed by atoms with van der Waals surface area (Å²) in [5.74, 6) is -0.0991. The molecule has 86 valence electrons. The summed E-state index contributed by atoms with van der Waals surface area (Å²) in [7, 11) is 0. The molecule has 1 rings (SSSR count). The van der Waals surface area contributed by atoms with Crippen LogP contribution in [0.3, 0.4) is 0 Å². The van der Waals surface area contributed by atoms with E-state index in [0.717, 1.165) is 38.9 Å². The molecule has 0 fully saturated rings. The van der Waals surface area contributed by atoms with Gasteiger partial charge >= 0.3 is 5.97 Å². The number of aliphatic carboxylic acids is 1. The maximum Gasteiger partial charge on any atom is 0.303 e. The summed E-state index contributed by atoms with van der Waals surface area (Å²) >= 11 is 0. The maximum atomic E-state index is 10.5. The number of hydrogen-bond donors (Lipinski definition) is 1. The second kappa shape index (κ2) is 6.62. The number of hydrogen-bond acceptors (Lipinski definition) is 2. The topological polar surface area (TPSA) is 40.5 Å². The van der Waals surface area contributed by atoms with Crippen LogP contribution in [0.15, 0.2) is 12.2 Å². The van der Waals surface area contributed by atoms with Crippen LogP contribution in [0.4, 0.5) is 0 Å². The monoisotopic (exact) mass is 211 g/mol. The molecule has 3 heteroatoms. The van der Waals surface area contributed by atoms with Crippen LogP contribution >= 0.6 is 0 Å². The summed E-state index contributed by atoms with van der Waals surface area (Å²) < 4.78 is 0. The number of carboxylic acids is 1. The normalized spacial score (nSPS) is 18.2. The van der Waals surface area contributed by atoms with Crippen LogP contribution in [0.2, 0.25) is 0 Å². The zero-order valence-corrected chi connectivity index (χ0v) is 9.48. The molecule has 0 aromatic rings. The molecule has 0 saturated heterocycles. The summed E-state index contributed by atoms with van der Waals surface area (Å²) in [5, 5.41) is 8.62. The van der Waals surface area contributed by atoms with Gasteiger partial charge in [-0.15, -0.1) is 0 Å². The smallest absolute Gasteiger partial charge is 0.303 e. The van der Waals surface area contributed by atoms with Crippen molar-refractivity contribution in [2.24, 2.45) is 5.92 Å². The average Bonchev–Trinajstić information content (AvgIpc) is 2.70. The van der Waals surface area contributed by atoms with Crippen LogP contribution in [-0.4, -0.2) is 35.6 Å². The van der Waals surface area contributed by atoms with E-state index in [1.807, 2.05) is 0 Å². The lowest BCUT2D eigenvalue weighted by molar-refractivity contribution is -0.137. The Bertz CT molecular complexity index is 218. The largest absolute Gasteiger partial charge is 0.481 e. The van der Waals surface area contributed by atoms with Crippen LogP contribution in [0, 0.1) is 5.92 Å². The van der Waals surface area contributed by atoms with Crippen molar-refractivity contribution < 1.29 is 9.90 Å². The van der Waals surface area contributed by atoms with Crippen molar-refractivity contribution in [3.05, 3.63) is 12.2 Å². The van der Waals surface area contributed by atoms with Crippen LogP contribution in [0.5, 0.6) is 0 Å². The Morgan fingerprint density at radius 1 is 1.40 bits per heavy atom. The Balaban J connectivity index is 2.12. The van der Waals surface area contributed by atoms with Crippen molar-refractivity contribution in [2.75, 3.05) is 19.6 Å². The fraction of sp³-hybridized carbons (Fsp3) is 0.750. The van der Waals surface area contributed by atoms with E-state index in [0.29, 0.717) is 12.3 Å². The van der Waals surface area contributed by atoms with Crippen LogP contribution < -0.4 is 0 Å². The summed E-state index contributed by atoms with van der Waals surface area (Å²) in [5.41, 5.74) is 0. The van der Waals surface area contributed by atoms with Gasteiger partial charge in [-0.1, -0.05) is 25.5 Å². The van der Waals surface area contributed by atoms with Gasteiger partial charge in [0.2, 0.25) is 0 Å². The van der Waals surface area contributed by atoms with E-state index in [2.05, 4.69) is 24.0 Å². The van der Waals surface area contributed by atoms with Gasteiger partial charge in [-0.3, -0.25) is 9.69 Å². The van der Waals surface area contributed by atoms with E-state index in [9.17, 15) is 4.79 Å². The molecular formula is C12H21NO2. The average molecular weight is 211 g/mol. The highest BCUT2D eigenvalue weighted by Crippen LogP contribution is 2.16. The Morgan fingerprint density at radius 3 is 2.60 bits per heavy atom. The summed E-state index contributed by atoms with van der Waals surface area (Å²) in [6.07, 6.45) is 7.75. The molecule has 3 nitrogen and oxygen atoms in total. The predicted molar refractivity (Wildman–Crippen MR) is 60.8 cm³/mol. The first-order valence-electron chi connectivity index (χ1n) is 5.81. The van der Waals surface area contributed by atoms with E-state index in [4.69, 9.17) is 5.11 Å². The van der Waals surface area contributed by atoms with E-state index in [1.54, 1.807) is 0 Å². The predicted octanol–water partition coefficient (Wildman–Crippen LogP) is 2.14. The highest BCUT2D eigenvalue weighted by atomic mass is 16.4. The minimum Gasteiger partial charge on any atom is -0.481 e. The third-order valence-corrected chi connectivity index (χ3v) is 3.09. The molecule has 1 aliphatic heterocycles. The molecule has 0 aromatic heterocycles. The van der Waals surface area contributed by atoms with Gasteiger partial charge in [-0.05, 0) is 25.3 Å². The third-order valence-electron chi connectivity index (χ3n) is 3.09. The van der Waals surface area contributed by atoms with Crippen molar-refractivity contribution in [1.29, 1.82) is 0 Å². The molecule has 1 unspecified atom stereocenters. The Morgan fingerprint density at radius 2 is 2.07 bits per heavy atom. The van der Waals surface area contributed by atoms with Crippen molar-refractivity contribution in [3.63, 3.8) is 0 Å². The molecule has 0 aliphatic carbocycles. The number of carbonyl (C=O) groups is 1. The molecule has 1 N–H and O–H groups in total. The molecule has 0 radical (unpaired) electrons. The summed E-state index contributed by atoms with van der Waals surface area (Å²) in [4.78, 5) is 12.9. The second-order valence-corrected chi connectivity index (χ2v) is 4.23.